The van der Waals surface area contributed by atoms with Crippen LogP contribution in [0.2, 0.25) is 0 Å². The molecule has 0 fully saturated rings. The first-order chi connectivity index (χ1) is 6.77. The van der Waals surface area contributed by atoms with Crippen LogP contribution in [0.1, 0.15) is 0 Å². The number of hydrogen-bond donors (Lipinski definition) is 1. The summed E-state index contributed by atoms with van der Waals surface area (Å²) in [5, 5.41) is 20.7. The molecule has 1 aromatic carbocycles. The van der Waals surface area contributed by atoms with Gasteiger partial charge in [0.1, 0.15) is 5.75 Å². The third-order valence-corrected chi connectivity index (χ3v) is 1.94. The fraction of sp³-hybridized carbons (Fsp3) is 0. The van der Waals surface area contributed by atoms with Crippen molar-refractivity contribution in [3.8, 4) is 17.2 Å². The van der Waals surface area contributed by atoms with E-state index in [1.807, 2.05) is 18.2 Å². The van der Waals surface area contributed by atoms with E-state index in [1.54, 1.807) is 17.0 Å². The summed E-state index contributed by atoms with van der Waals surface area (Å²) in [5.74, 6) is -0.0186. The molecule has 0 atom stereocenters. The number of nitrogens with zero attached hydrogens (tertiary/aromatic N) is 1. The molecular weight excluding hydrogens is 178 g/mol. The van der Waals surface area contributed by atoms with Crippen LogP contribution in [0.25, 0.3) is 5.69 Å². The number of phenols is 1. The van der Waals surface area contributed by atoms with Gasteiger partial charge in [0, 0.05) is 12.1 Å². The van der Waals surface area contributed by atoms with E-state index < -0.39 is 0 Å². The van der Waals surface area contributed by atoms with Crippen molar-refractivity contribution in [3.05, 3.63) is 48.8 Å². The van der Waals surface area contributed by atoms with Gasteiger partial charge in [-0.25, -0.2) is 0 Å². The second-order valence-corrected chi connectivity index (χ2v) is 2.93. The zero-order chi connectivity index (χ0) is 9.97. The van der Waals surface area contributed by atoms with E-state index in [9.17, 15) is 10.2 Å². The predicted molar refractivity (Wildman–Crippen MR) is 49.1 cm³/mol. The Morgan fingerprint density at radius 3 is 2.50 bits per heavy atom. The van der Waals surface area contributed by atoms with Crippen LogP contribution in [0.15, 0.2) is 48.8 Å². The van der Waals surface area contributed by atoms with Crippen LogP contribution < -0.4 is 9.67 Å². The van der Waals surface area contributed by atoms with Crippen LogP contribution in [0, 0.1) is 0 Å². The molecule has 0 saturated carbocycles. The summed E-state index contributed by atoms with van der Waals surface area (Å²) in [6.07, 6.45) is 3.52. The first kappa shape index (κ1) is 8.56. The standard InChI is InChI=1S/C11H9NO2/c13-9-4-5-11(14)10(8-9)12-6-2-1-3-7-12/h1-8H,(H-,13,14). The summed E-state index contributed by atoms with van der Waals surface area (Å²) < 4.78 is 1.67. The third kappa shape index (κ3) is 1.52. The lowest BCUT2D eigenvalue weighted by Gasteiger charge is -2.07. The molecule has 1 N–H and O–H groups in total. The SMILES string of the molecule is [O-]c1ccc(O)cc1-[n+]1ccccc1. The molecule has 0 saturated heterocycles. The summed E-state index contributed by atoms with van der Waals surface area (Å²) >= 11 is 0. The molecule has 0 aliphatic carbocycles. The minimum atomic E-state index is -0.112. The maximum absolute atomic E-state index is 11.4. The van der Waals surface area contributed by atoms with Gasteiger partial charge in [-0.05, 0) is 11.8 Å². The van der Waals surface area contributed by atoms with E-state index >= 15 is 0 Å². The lowest BCUT2D eigenvalue weighted by Crippen LogP contribution is -2.30. The van der Waals surface area contributed by atoms with Gasteiger partial charge in [0.2, 0.25) is 5.69 Å². The summed E-state index contributed by atoms with van der Waals surface area (Å²) in [6, 6.07) is 9.69. The highest BCUT2D eigenvalue weighted by atomic mass is 16.3. The maximum atomic E-state index is 11.4. The first-order valence-corrected chi connectivity index (χ1v) is 4.24. The lowest BCUT2D eigenvalue weighted by molar-refractivity contribution is -0.599. The van der Waals surface area contributed by atoms with E-state index in [0.29, 0.717) is 5.69 Å². The Bertz CT molecular complexity index is 440. The van der Waals surface area contributed by atoms with Gasteiger partial charge in [-0.3, -0.25) is 0 Å². The van der Waals surface area contributed by atoms with Gasteiger partial charge in [-0.1, -0.05) is 12.1 Å². The van der Waals surface area contributed by atoms with Crippen molar-refractivity contribution in [1.29, 1.82) is 0 Å². The average Bonchev–Trinajstić information content (AvgIpc) is 2.23. The molecule has 70 valence electrons. The molecule has 0 unspecified atom stereocenters. The van der Waals surface area contributed by atoms with Crippen LogP contribution in [0.5, 0.6) is 11.5 Å². The molecule has 0 amide bonds. The summed E-state index contributed by atoms with van der Waals surface area (Å²) in [4.78, 5) is 0. The smallest absolute Gasteiger partial charge is 0.206 e. The molecule has 0 aliphatic heterocycles. The van der Waals surface area contributed by atoms with Crippen LogP contribution in [-0.4, -0.2) is 5.11 Å². The van der Waals surface area contributed by atoms with Crippen molar-refractivity contribution in [1.82, 2.24) is 0 Å². The molecule has 3 nitrogen and oxygen atoms in total. The lowest BCUT2D eigenvalue weighted by atomic mass is 10.2. The van der Waals surface area contributed by atoms with Crippen molar-refractivity contribution >= 4 is 0 Å². The molecule has 3 heteroatoms. The van der Waals surface area contributed by atoms with Gasteiger partial charge in [-0.2, -0.15) is 4.57 Å². The maximum Gasteiger partial charge on any atom is 0.206 e. The monoisotopic (exact) mass is 187 g/mol. The predicted octanol–water partition coefficient (Wildman–Crippen LogP) is 0.742. The minimum absolute atomic E-state index is 0.0935. The Morgan fingerprint density at radius 2 is 1.79 bits per heavy atom. The Morgan fingerprint density at radius 1 is 1.07 bits per heavy atom. The summed E-state index contributed by atoms with van der Waals surface area (Å²) in [6.45, 7) is 0. The van der Waals surface area contributed by atoms with Crippen molar-refractivity contribution in [2.45, 2.75) is 0 Å². The van der Waals surface area contributed by atoms with E-state index in [-0.39, 0.29) is 11.5 Å². The summed E-state index contributed by atoms with van der Waals surface area (Å²) in [7, 11) is 0. The number of hydrogen-bond acceptors (Lipinski definition) is 2. The Hall–Kier alpha value is -2.03. The molecule has 0 spiro atoms. The number of phenolic OH excluding ortho intramolecular Hbond substituents is 1. The van der Waals surface area contributed by atoms with Crippen molar-refractivity contribution in [2.75, 3.05) is 0 Å². The van der Waals surface area contributed by atoms with E-state index in [0.717, 1.165) is 0 Å². The summed E-state index contributed by atoms with van der Waals surface area (Å²) in [5.41, 5.74) is 0.450. The Kier molecular flexibility index (Phi) is 2.07. The molecular formula is C11H9NO2. The number of pyridine rings is 1. The van der Waals surface area contributed by atoms with E-state index in [2.05, 4.69) is 0 Å². The largest absolute Gasteiger partial charge is 0.868 e. The highest BCUT2D eigenvalue weighted by Crippen LogP contribution is 2.18. The third-order valence-electron chi connectivity index (χ3n) is 1.94. The topological polar surface area (TPSA) is 47.2 Å². The van der Waals surface area contributed by atoms with Crippen LogP contribution in [-0.2, 0) is 0 Å². The Labute approximate surface area is 81.5 Å². The average molecular weight is 187 g/mol. The second kappa shape index (κ2) is 3.38. The van der Waals surface area contributed by atoms with Crippen molar-refractivity contribution in [3.63, 3.8) is 0 Å². The van der Waals surface area contributed by atoms with Crippen LogP contribution in [0.3, 0.4) is 0 Å². The highest BCUT2D eigenvalue weighted by molar-refractivity contribution is 5.43. The number of rotatable bonds is 1. The zero-order valence-corrected chi connectivity index (χ0v) is 7.42. The van der Waals surface area contributed by atoms with Gasteiger partial charge in [0.15, 0.2) is 12.4 Å². The van der Waals surface area contributed by atoms with E-state index in [1.165, 1.54) is 18.2 Å². The number of aromatic nitrogens is 1. The van der Waals surface area contributed by atoms with Crippen LogP contribution >= 0.6 is 0 Å². The van der Waals surface area contributed by atoms with Gasteiger partial charge in [-0.15, -0.1) is 0 Å². The number of aromatic hydroxyl groups is 1. The van der Waals surface area contributed by atoms with Gasteiger partial charge in [0.25, 0.3) is 0 Å². The minimum Gasteiger partial charge on any atom is -0.868 e. The fourth-order valence-electron chi connectivity index (χ4n) is 1.27. The Balaban J connectivity index is 2.57. The van der Waals surface area contributed by atoms with Crippen LogP contribution in [0.4, 0.5) is 0 Å². The highest BCUT2D eigenvalue weighted by Gasteiger charge is 2.05. The van der Waals surface area contributed by atoms with Crippen molar-refractivity contribution < 1.29 is 14.8 Å². The number of benzene rings is 1. The normalized spacial score (nSPS) is 10.0. The zero-order valence-electron chi connectivity index (χ0n) is 7.42. The van der Waals surface area contributed by atoms with Gasteiger partial charge < -0.3 is 10.2 Å². The molecule has 0 aliphatic rings. The molecule has 1 heterocycles. The molecule has 0 bridgehead atoms. The fourth-order valence-corrected chi connectivity index (χ4v) is 1.27. The van der Waals surface area contributed by atoms with Gasteiger partial charge >= 0.3 is 0 Å². The first-order valence-electron chi connectivity index (χ1n) is 4.24. The van der Waals surface area contributed by atoms with E-state index in [4.69, 9.17) is 0 Å². The quantitative estimate of drug-likeness (QED) is 0.669. The molecule has 2 aromatic rings. The molecule has 1 aromatic heterocycles. The molecule has 14 heavy (non-hydrogen) atoms. The van der Waals surface area contributed by atoms with Gasteiger partial charge in [0.05, 0.1) is 6.07 Å². The second-order valence-electron chi connectivity index (χ2n) is 2.93. The molecule has 2 rings (SSSR count). The van der Waals surface area contributed by atoms with Crippen molar-refractivity contribution in [2.24, 2.45) is 0 Å². The molecule has 0 radical (unpaired) electrons.